The average Bonchev–Trinajstić information content (AvgIpc) is 2.60. The molecule has 0 spiro atoms. The van der Waals surface area contributed by atoms with Crippen LogP contribution in [-0.2, 0) is 5.33 Å². The first-order valence-corrected chi connectivity index (χ1v) is 7.23. The predicted molar refractivity (Wildman–Crippen MR) is 69.9 cm³/mol. The number of fused-ring (bicyclic) bond motifs is 1. The number of rotatable bonds is 1. The van der Waals surface area contributed by atoms with Crippen molar-refractivity contribution < 1.29 is 0 Å². The lowest BCUT2D eigenvalue weighted by atomic mass is 10.2. The topological polar surface area (TPSA) is 0 Å². The SMILES string of the molecule is BrCc1cc(Br)c2sccc2c1Br. The minimum absolute atomic E-state index is 0.873. The fourth-order valence-corrected chi connectivity index (χ4v) is 4.33. The third-order valence-corrected chi connectivity index (χ3v) is 5.22. The smallest absolute Gasteiger partial charge is 0.0496 e. The summed E-state index contributed by atoms with van der Waals surface area (Å²) in [5, 5.41) is 4.27. The molecule has 0 amide bonds. The van der Waals surface area contributed by atoms with Crippen molar-refractivity contribution in [2.24, 2.45) is 0 Å². The molecule has 0 nitrogen and oxygen atoms in total. The van der Waals surface area contributed by atoms with Gasteiger partial charge in [0, 0.05) is 24.4 Å². The van der Waals surface area contributed by atoms with Gasteiger partial charge in [0.25, 0.3) is 0 Å². The molecule has 0 unspecified atom stereocenters. The highest BCUT2D eigenvalue weighted by atomic mass is 79.9. The summed E-state index contributed by atoms with van der Waals surface area (Å²) in [4.78, 5) is 0. The Labute approximate surface area is 106 Å². The Hall–Kier alpha value is 0.620. The maximum absolute atomic E-state index is 3.61. The van der Waals surface area contributed by atoms with Crippen molar-refractivity contribution in [3.05, 3.63) is 32.0 Å². The summed E-state index contributed by atoms with van der Waals surface area (Å²) in [5.41, 5.74) is 1.28. The highest BCUT2D eigenvalue weighted by Crippen LogP contribution is 2.37. The van der Waals surface area contributed by atoms with Gasteiger partial charge in [-0.3, -0.25) is 0 Å². The van der Waals surface area contributed by atoms with E-state index >= 15 is 0 Å². The van der Waals surface area contributed by atoms with E-state index in [4.69, 9.17) is 0 Å². The molecule has 0 N–H and O–H groups in total. The number of hydrogen-bond donors (Lipinski definition) is 0. The van der Waals surface area contributed by atoms with Gasteiger partial charge in [-0.2, -0.15) is 0 Å². The minimum atomic E-state index is 0.873. The van der Waals surface area contributed by atoms with Crippen LogP contribution in [0.3, 0.4) is 0 Å². The zero-order chi connectivity index (χ0) is 9.42. The van der Waals surface area contributed by atoms with Crippen LogP contribution in [0.1, 0.15) is 5.56 Å². The van der Waals surface area contributed by atoms with E-state index in [0.29, 0.717) is 0 Å². The normalized spacial score (nSPS) is 11.0. The molecule has 68 valence electrons. The minimum Gasteiger partial charge on any atom is -0.143 e. The molecule has 0 saturated heterocycles. The van der Waals surface area contributed by atoms with Crippen LogP contribution < -0.4 is 0 Å². The monoisotopic (exact) mass is 382 g/mol. The van der Waals surface area contributed by atoms with Crippen LogP contribution in [0.4, 0.5) is 0 Å². The molecule has 13 heavy (non-hydrogen) atoms. The lowest BCUT2D eigenvalue weighted by Gasteiger charge is -2.03. The summed E-state index contributed by atoms with van der Waals surface area (Å²) < 4.78 is 3.68. The molecule has 0 atom stereocenters. The van der Waals surface area contributed by atoms with Gasteiger partial charge < -0.3 is 0 Å². The van der Waals surface area contributed by atoms with Gasteiger partial charge in [-0.1, -0.05) is 15.9 Å². The Bertz CT molecular complexity index is 447. The maximum Gasteiger partial charge on any atom is 0.0496 e. The second-order valence-electron chi connectivity index (χ2n) is 2.63. The quantitative estimate of drug-likeness (QED) is 0.583. The molecule has 0 saturated carbocycles. The van der Waals surface area contributed by atoms with Crippen LogP contribution in [0.5, 0.6) is 0 Å². The summed E-state index contributed by atoms with van der Waals surface area (Å²) >= 11 is 12.4. The molecule has 0 aliphatic carbocycles. The molecule has 2 rings (SSSR count). The van der Waals surface area contributed by atoms with Crippen molar-refractivity contribution in [3.8, 4) is 0 Å². The van der Waals surface area contributed by atoms with E-state index in [1.54, 1.807) is 11.3 Å². The molecule has 0 aliphatic rings. The molecule has 1 aromatic carbocycles. The predicted octanol–water partition coefficient (Wildman–Crippen LogP) is 5.32. The number of alkyl halides is 1. The Kier molecular flexibility index (Phi) is 3.13. The largest absolute Gasteiger partial charge is 0.143 e. The van der Waals surface area contributed by atoms with Gasteiger partial charge in [-0.15, -0.1) is 11.3 Å². The first kappa shape index (κ1) is 10.1. The highest BCUT2D eigenvalue weighted by molar-refractivity contribution is 9.11. The van der Waals surface area contributed by atoms with Crippen molar-refractivity contribution >= 4 is 69.2 Å². The van der Waals surface area contributed by atoms with E-state index < -0.39 is 0 Å². The molecule has 0 radical (unpaired) electrons. The van der Waals surface area contributed by atoms with Crippen LogP contribution in [-0.4, -0.2) is 0 Å². The molecular weight excluding hydrogens is 380 g/mol. The number of thiophene rings is 1. The second-order valence-corrected chi connectivity index (χ2v) is 5.75. The van der Waals surface area contributed by atoms with Crippen LogP contribution in [0.2, 0.25) is 0 Å². The van der Waals surface area contributed by atoms with Gasteiger partial charge in [0.05, 0.1) is 0 Å². The number of benzene rings is 1. The van der Waals surface area contributed by atoms with E-state index in [9.17, 15) is 0 Å². The fourth-order valence-electron chi connectivity index (χ4n) is 1.22. The van der Waals surface area contributed by atoms with E-state index in [1.165, 1.54) is 24.6 Å². The van der Waals surface area contributed by atoms with Gasteiger partial charge in [0.1, 0.15) is 0 Å². The van der Waals surface area contributed by atoms with E-state index in [2.05, 4.69) is 65.3 Å². The van der Waals surface area contributed by atoms with Gasteiger partial charge >= 0.3 is 0 Å². The second kappa shape index (κ2) is 4.01. The van der Waals surface area contributed by atoms with Gasteiger partial charge in [-0.25, -0.2) is 0 Å². The van der Waals surface area contributed by atoms with Crippen LogP contribution in [0, 0.1) is 0 Å². The molecule has 0 aliphatic heterocycles. The Balaban J connectivity index is 2.85. The van der Waals surface area contributed by atoms with Crippen molar-refractivity contribution in [1.29, 1.82) is 0 Å². The van der Waals surface area contributed by atoms with E-state index in [1.807, 2.05) is 0 Å². The van der Waals surface area contributed by atoms with Gasteiger partial charge in [0.15, 0.2) is 0 Å². The fraction of sp³-hybridized carbons (Fsp3) is 0.111. The zero-order valence-electron chi connectivity index (χ0n) is 6.48. The molecular formula is C9H5Br3S. The van der Waals surface area contributed by atoms with Crippen molar-refractivity contribution in [3.63, 3.8) is 0 Å². The Morgan fingerprint density at radius 2 is 2.08 bits per heavy atom. The lowest BCUT2D eigenvalue weighted by molar-refractivity contribution is 1.43. The van der Waals surface area contributed by atoms with Crippen molar-refractivity contribution in [2.45, 2.75) is 5.33 Å². The van der Waals surface area contributed by atoms with E-state index in [-0.39, 0.29) is 0 Å². The molecule has 0 fully saturated rings. The number of halogens is 3. The Morgan fingerprint density at radius 3 is 2.77 bits per heavy atom. The first-order chi connectivity index (χ1) is 6.24. The summed E-state index contributed by atoms with van der Waals surface area (Å²) in [7, 11) is 0. The first-order valence-electron chi connectivity index (χ1n) is 3.64. The van der Waals surface area contributed by atoms with Gasteiger partial charge in [0.2, 0.25) is 0 Å². The molecule has 1 heterocycles. The van der Waals surface area contributed by atoms with Crippen LogP contribution >= 0.6 is 59.1 Å². The van der Waals surface area contributed by atoms with Gasteiger partial charge in [-0.05, 0) is 54.9 Å². The third kappa shape index (κ3) is 1.74. The van der Waals surface area contributed by atoms with Crippen molar-refractivity contribution in [1.82, 2.24) is 0 Å². The highest BCUT2D eigenvalue weighted by Gasteiger charge is 2.08. The molecule has 0 bridgehead atoms. The zero-order valence-corrected chi connectivity index (χ0v) is 12.1. The Morgan fingerprint density at radius 1 is 1.31 bits per heavy atom. The summed E-state index contributed by atoms with van der Waals surface area (Å²) in [6, 6.07) is 4.29. The van der Waals surface area contributed by atoms with E-state index in [0.717, 1.165) is 5.33 Å². The maximum atomic E-state index is 3.61. The molecule has 1 aromatic heterocycles. The summed E-state index contributed by atoms with van der Waals surface area (Å²) in [6.07, 6.45) is 0. The summed E-state index contributed by atoms with van der Waals surface area (Å²) in [6.45, 7) is 0. The molecule has 4 heteroatoms. The van der Waals surface area contributed by atoms with Crippen LogP contribution in [0.15, 0.2) is 26.5 Å². The average molecular weight is 385 g/mol. The summed E-state index contributed by atoms with van der Waals surface area (Å²) in [5.74, 6) is 0. The van der Waals surface area contributed by atoms with Crippen molar-refractivity contribution in [2.75, 3.05) is 0 Å². The van der Waals surface area contributed by atoms with Crippen LogP contribution in [0.25, 0.3) is 10.1 Å². The third-order valence-electron chi connectivity index (χ3n) is 1.85. The number of hydrogen-bond acceptors (Lipinski definition) is 1. The lowest BCUT2D eigenvalue weighted by Crippen LogP contribution is -1.81. The standard InChI is InChI=1S/C9H5Br3S/c10-4-5-3-7(11)9-6(8(5)12)1-2-13-9/h1-3H,4H2. The molecule has 2 aromatic rings.